The smallest absolute Gasteiger partial charge is 0.322 e. The van der Waals surface area contributed by atoms with Crippen molar-refractivity contribution in [3.05, 3.63) is 149 Å². The molecule has 3 aliphatic carbocycles. The van der Waals surface area contributed by atoms with E-state index < -0.39 is 17.1 Å². The Balaban J connectivity index is 1.41. The van der Waals surface area contributed by atoms with Gasteiger partial charge in [-0.05, 0) is 92.7 Å². The van der Waals surface area contributed by atoms with Crippen molar-refractivity contribution in [3.8, 4) is 0 Å². The third-order valence-corrected chi connectivity index (χ3v) is 10.9. The van der Waals surface area contributed by atoms with Crippen molar-refractivity contribution in [2.24, 2.45) is 5.41 Å². The maximum absolute atomic E-state index is 14.2. The molecular formula is C43H48N2O4. The highest BCUT2D eigenvalue weighted by atomic mass is 16.3. The highest BCUT2D eigenvalue weighted by Gasteiger charge is 2.57. The van der Waals surface area contributed by atoms with Crippen molar-refractivity contribution >= 4 is 17.5 Å². The molecule has 6 heteroatoms. The number of benzene rings is 4. The minimum absolute atomic E-state index is 0.0551. The molecule has 4 aromatic rings. The molecule has 4 unspecified atom stereocenters. The van der Waals surface area contributed by atoms with Crippen molar-refractivity contribution in [2.45, 2.75) is 83.0 Å². The summed E-state index contributed by atoms with van der Waals surface area (Å²) in [6.07, 6.45) is 6.20. The molecule has 0 aliphatic heterocycles. The maximum atomic E-state index is 14.2. The number of fused-ring (bicyclic) bond motifs is 8. The van der Waals surface area contributed by atoms with E-state index in [0.29, 0.717) is 55.5 Å². The predicted octanol–water partition coefficient (Wildman–Crippen LogP) is 8.69. The molecule has 49 heavy (non-hydrogen) atoms. The van der Waals surface area contributed by atoms with Crippen LogP contribution in [0.3, 0.4) is 0 Å². The third kappa shape index (κ3) is 7.71. The monoisotopic (exact) mass is 656 g/mol. The minimum atomic E-state index is -1.23. The molecule has 1 fully saturated rings. The Bertz CT molecular complexity index is 1770. The first kappa shape index (κ1) is 34.3. The number of nitrogens with one attached hydrogen (secondary N) is 1. The van der Waals surface area contributed by atoms with E-state index in [1.165, 1.54) is 5.57 Å². The highest BCUT2D eigenvalue weighted by Crippen LogP contribution is 2.59. The summed E-state index contributed by atoms with van der Waals surface area (Å²) in [5, 5.41) is 26.9. The van der Waals surface area contributed by atoms with Crippen molar-refractivity contribution in [1.29, 1.82) is 0 Å². The molecule has 2 amide bonds. The number of para-hydroxylation sites is 1. The second-order valence-corrected chi connectivity index (χ2v) is 14.3. The van der Waals surface area contributed by atoms with Crippen LogP contribution in [0.15, 0.2) is 121 Å². The summed E-state index contributed by atoms with van der Waals surface area (Å²) in [5.74, 6) is -0.188. The molecular weight excluding hydrogens is 608 g/mol. The van der Waals surface area contributed by atoms with Crippen molar-refractivity contribution in [1.82, 2.24) is 4.90 Å². The molecule has 0 radical (unpaired) electrons. The van der Waals surface area contributed by atoms with Gasteiger partial charge in [0.2, 0.25) is 0 Å². The van der Waals surface area contributed by atoms with E-state index in [1.807, 2.05) is 103 Å². The number of anilines is 1. The number of nitrogens with zero attached hydrogens (tertiary/aromatic N) is 1. The topological polar surface area (TPSA) is 89.9 Å². The fourth-order valence-electron chi connectivity index (χ4n) is 7.98. The van der Waals surface area contributed by atoms with Gasteiger partial charge in [-0.3, -0.25) is 4.79 Å². The largest absolute Gasteiger partial charge is 0.393 e. The predicted molar refractivity (Wildman–Crippen MR) is 196 cm³/mol. The summed E-state index contributed by atoms with van der Waals surface area (Å²) in [5.41, 5.74) is 4.09. The number of hydrogen-bond acceptors (Lipinski definition) is 4. The van der Waals surface area contributed by atoms with Gasteiger partial charge in [-0.15, -0.1) is 0 Å². The number of carbonyl (C=O) groups is 2. The van der Waals surface area contributed by atoms with Gasteiger partial charge in [0.05, 0.1) is 18.2 Å². The van der Waals surface area contributed by atoms with Gasteiger partial charge in [-0.2, -0.15) is 0 Å². The number of carbonyl (C=O) groups excluding carboxylic acids is 2. The molecule has 0 heterocycles. The van der Waals surface area contributed by atoms with Gasteiger partial charge < -0.3 is 20.4 Å². The fourth-order valence-corrected chi connectivity index (χ4v) is 7.98. The standard InChI is InChI=1S/C43H48N2O4/c1-31-13-12-25-42(2)39(37-23-21-33(27-36(46)22-20-31)28-38(37)40(47)34-16-8-4-9-17-34)24-26-43(42,49)30-45(29-32-14-6-3-7-15-32)41(48)44-35-18-10-5-11-19-35/h3-11,13-19,21,23,28,36,39,46,49H,12,20,22,24-27,29-30H2,1-2H3,(H,44,48). The Morgan fingerprint density at radius 3 is 2.27 bits per heavy atom. The van der Waals surface area contributed by atoms with Crippen LogP contribution in [0.4, 0.5) is 10.5 Å². The Labute approximate surface area is 290 Å². The number of aliphatic hydroxyl groups excluding tert-OH is 1. The molecule has 4 atom stereocenters. The minimum Gasteiger partial charge on any atom is -0.393 e. The lowest BCUT2D eigenvalue weighted by Crippen LogP contribution is -2.54. The first-order valence-corrected chi connectivity index (χ1v) is 17.6. The number of urea groups is 1. The van der Waals surface area contributed by atoms with Crippen LogP contribution in [0.5, 0.6) is 0 Å². The highest BCUT2D eigenvalue weighted by molar-refractivity contribution is 6.10. The quantitative estimate of drug-likeness (QED) is 0.137. The van der Waals surface area contributed by atoms with Crippen LogP contribution in [-0.4, -0.2) is 45.2 Å². The number of ketones is 1. The van der Waals surface area contributed by atoms with Crippen molar-refractivity contribution in [2.75, 3.05) is 11.9 Å². The Morgan fingerprint density at radius 1 is 0.878 bits per heavy atom. The Morgan fingerprint density at radius 2 is 1.55 bits per heavy atom. The van der Waals surface area contributed by atoms with Gasteiger partial charge in [0.15, 0.2) is 5.78 Å². The van der Waals surface area contributed by atoms with Gasteiger partial charge in [-0.25, -0.2) is 4.79 Å². The maximum Gasteiger partial charge on any atom is 0.322 e. The van der Waals surface area contributed by atoms with Crippen LogP contribution in [0.25, 0.3) is 0 Å². The van der Waals surface area contributed by atoms with E-state index in [4.69, 9.17) is 0 Å². The number of aliphatic hydroxyl groups is 2. The zero-order chi connectivity index (χ0) is 34.4. The second kappa shape index (κ2) is 14.9. The summed E-state index contributed by atoms with van der Waals surface area (Å²) >= 11 is 0. The Kier molecular flexibility index (Phi) is 10.5. The van der Waals surface area contributed by atoms with Gasteiger partial charge in [-0.1, -0.05) is 110 Å². The Hall–Kier alpha value is -4.52. The summed E-state index contributed by atoms with van der Waals surface area (Å²) in [6.45, 7) is 4.75. The van der Waals surface area contributed by atoms with Gasteiger partial charge >= 0.3 is 6.03 Å². The molecule has 1 saturated carbocycles. The second-order valence-electron chi connectivity index (χ2n) is 14.3. The van der Waals surface area contributed by atoms with Crippen molar-refractivity contribution < 1.29 is 19.8 Å². The average molecular weight is 657 g/mol. The first-order valence-electron chi connectivity index (χ1n) is 17.6. The summed E-state index contributed by atoms with van der Waals surface area (Å²) < 4.78 is 0. The third-order valence-electron chi connectivity index (χ3n) is 10.9. The lowest BCUT2D eigenvalue weighted by atomic mass is 9.64. The SMILES string of the molecule is CC1=CCCC2(C)C(CCC2(O)CN(Cc2ccccc2)C(=O)Nc2ccccc2)c2ccc(cc2C(=O)c2ccccc2)CC(O)CC1. The number of allylic oxidation sites excluding steroid dienone is 2. The molecule has 254 valence electrons. The average Bonchev–Trinajstić information content (AvgIpc) is 3.36. The van der Waals surface area contributed by atoms with Crippen LogP contribution in [-0.2, 0) is 13.0 Å². The van der Waals surface area contributed by atoms with Crippen LogP contribution in [0.1, 0.15) is 90.9 Å². The van der Waals surface area contributed by atoms with E-state index in [0.717, 1.165) is 29.5 Å². The summed E-state index contributed by atoms with van der Waals surface area (Å²) in [7, 11) is 0. The summed E-state index contributed by atoms with van der Waals surface area (Å²) in [4.78, 5) is 29.9. The normalized spacial score (nSPS) is 24.0. The fraction of sp³-hybridized carbons (Fsp3) is 0.349. The van der Waals surface area contributed by atoms with Crippen molar-refractivity contribution in [3.63, 3.8) is 0 Å². The number of rotatable bonds is 7. The lowest BCUT2D eigenvalue weighted by Gasteiger charge is -2.46. The molecule has 3 aliphatic rings. The molecule has 4 aromatic carbocycles. The molecule has 0 aromatic heterocycles. The van der Waals surface area contributed by atoms with E-state index in [1.54, 1.807) is 4.90 Å². The van der Waals surface area contributed by atoms with E-state index in [-0.39, 0.29) is 24.3 Å². The molecule has 6 nitrogen and oxygen atoms in total. The molecule has 0 saturated heterocycles. The van der Waals surface area contributed by atoms with Crippen LogP contribution in [0, 0.1) is 5.41 Å². The number of hydrogen-bond donors (Lipinski definition) is 3. The molecule has 7 rings (SSSR count). The van der Waals surface area contributed by atoms with Gasteiger partial charge in [0, 0.05) is 28.8 Å². The van der Waals surface area contributed by atoms with E-state index in [9.17, 15) is 19.8 Å². The molecule has 0 spiro atoms. The van der Waals surface area contributed by atoms with E-state index >= 15 is 0 Å². The first-order chi connectivity index (χ1) is 23.6. The van der Waals surface area contributed by atoms with Gasteiger partial charge in [0.1, 0.15) is 0 Å². The van der Waals surface area contributed by atoms with Crippen LogP contribution < -0.4 is 5.32 Å². The van der Waals surface area contributed by atoms with Gasteiger partial charge in [0.25, 0.3) is 0 Å². The van der Waals surface area contributed by atoms with Crippen LogP contribution in [0.2, 0.25) is 0 Å². The molecule has 3 N–H and O–H groups in total. The number of amides is 2. The zero-order valence-electron chi connectivity index (χ0n) is 28.6. The van der Waals surface area contributed by atoms with E-state index in [2.05, 4.69) is 31.3 Å². The zero-order valence-corrected chi connectivity index (χ0v) is 28.6. The summed E-state index contributed by atoms with van der Waals surface area (Å²) in [6, 6.07) is 34.4. The van der Waals surface area contributed by atoms with Crippen LogP contribution >= 0.6 is 0 Å². The molecule has 2 bridgehead atoms. The lowest BCUT2D eigenvalue weighted by molar-refractivity contribution is -0.0773.